The quantitative estimate of drug-likeness (QED) is 0.607. The zero-order valence-electron chi connectivity index (χ0n) is 16.2. The number of rotatable bonds is 6. The van der Waals surface area contributed by atoms with Crippen LogP contribution in [0.3, 0.4) is 0 Å². The van der Waals surface area contributed by atoms with Gasteiger partial charge in [-0.2, -0.15) is 0 Å². The van der Waals surface area contributed by atoms with Crippen LogP contribution in [-0.2, 0) is 9.59 Å². The zero-order valence-corrected chi connectivity index (χ0v) is 17.8. The van der Waals surface area contributed by atoms with E-state index in [1.165, 1.54) is 6.08 Å². The summed E-state index contributed by atoms with van der Waals surface area (Å²) in [5, 5.41) is 3.80. The maximum Gasteiger partial charge on any atom is 0.267 e. The average Bonchev–Trinajstić information content (AvgIpc) is 2.68. The summed E-state index contributed by atoms with van der Waals surface area (Å²) in [5.41, 5.74) is 1.94. The molecule has 1 unspecified atom stereocenters. The first-order valence-corrected chi connectivity index (χ1v) is 10.2. The van der Waals surface area contributed by atoms with E-state index < -0.39 is 6.10 Å². The van der Waals surface area contributed by atoms with Crippen molar-refractivity contribution in [1.82, 2.24) is 0 Å². The van der Waals surface area contributed by atoms with Crippen molar-refractivity contribution < 1.29 is 14.3 Å². The van der Waals surface area contributed by atoms with Crippen LogP contribution in [0, 0.1) is 0 Å². The fraction of sp³-hybridized carbons (Fsp3) is 0.273. The summed E-state index contributed by atoms with van der Waals surface area (Å²) in [4.78, 5) is 26.6. The smallest absolute Gasteiger partial charge is 0.267 e. The van der Waals surface area contributed by atoms with Gasteiger partial charge >= 0.3 is 0 Å². The molecule has 0 fully saturated rings. The summed E-state index contributed by atoms with van der Waals surface area (Å²) < 4.78 is 5.70. The summed E-state index contributed by atoms with van der Waals surface area (Å²) in [5.74, 6) is 0.244. The Morgan fingerprint density at radius 3 is 2.76 bits per heavy atom. The highest BCUT2D eigenvalue weighted by Crippen LogP contribution is 2.36. The fourth-order valence-electron chi connectivity index (χ4n) is 3.02. The van der Waals surface area contributed by atoms with Crippen LogP contribution in [0.4, 0.5) is 11.4 Å². The Labute approximate surface area is 180 Å². The van der Waals surface area contributed by atoms with Crippen LogP contribution in [-0.4, -0.2) is 24.5 Å². The minimum atomic E-state index is -0.521. The molecule has 2 aromatic carbocycles. The van der Waals surface area contributed by atoms with Crippen LogP contribution in [0.25, 0.3) is 6.08 Å². The number of hydrogen-bond acceptors (Lipinski definition) is 3. The molecule has 0 saturated carbocycles. The maximum atomic E-state index is 12.5. The number of carbonyl (C=O) groups excluding carboxylic acids is 2. The number of benzene rings is 2. The van der Waals surface area contributed by atoms with Crippen molar-refractivity contribution >= 4 is 52.5 Å². The molecule has 1 aliphatic heterocycles. The third-order valence-corrected chi connectivity index (χ3v) is 5.11. The molecule has 1 atom stereocenters. The number of fused-ring (bicyclic) bond motifs is 1. The molecular formula is C22H22Cl2N2O3. The third kappa shape index (κ3) is 5.11. The molecular weight excluding hydrogens is 411 g/mol. The topological polar surface area (TPSA) is 58.6 Å². The number of amides is 2. The first-order valence-electron chi connectivity index (χ1n) is 9.45. The van der Waals surface area contributed by atoms with Gasteiger partial charge in [-0.25, -0.2) is 0 Å². The van der Waals surface area contributed by atoms with Gasteiger partial charge in [-0.15, -0.1) is 0 Å². The second-order valence-electron chi connectivity index (χ2n) is 6.77. The maximum absolute atomic E-state index is 12.5. The van der Waals surface area contributed by atoms with Gasteiger partial charge < -0.3 is 15.0 Å². The number of ether oxygens (including phenoxy) is 1. The molecule has 5 nitrogen and oxygen atoms in total. The van der Waals surface area contributed by atoms with E-state index in [0.29, 0.717) is 39.3 Å². The molecule has 0 aliphatic carbocycles. The molecule has 7 heteroatoms. The second-order valence-corrected chi connectivity index (χ2v) is 7.62. The highest BCUT2D eigenvalue weighted by atomic mass is 35.5. The van der Waals surface area contributed by atoms with Crippen molar-refractivity contribution in [3.63, 3.8) is 0 Å². The summed E-state index contributed by atoms with van der Waals surface area (Å²) in [7, 11) is 0. The average molecular weight is 433 g/mol. The Morgan fingerprint density at radius 1 is 1.24 bits per heavy atom. The zero-order chi connectivity index (χ0) is 21.0. The molecule has 0 saturated heterocycles. The monoisotopic (exact) mass is 432 g/mol. The molecule has 0 radical (unpaired) electrons. The number of unbranched alkanes of at least 4 members (excludes halogenated alkanes) is 1. The first-order chi connectivity index (χ1) is 13.9. The second kappa shape index (κ2) is 9.33. The van der Waals surface area contributed by atoms with E-state index in [1.807, 2.05) is 0 Å². The van der Waals surface area contributed by atoms with Gasteiger partial charge in [0.2, 0.25) is 5.91 Å². The van der Waals surface area contributed by atoms with E-state index in [2.05, 4.69) is 12.2 Å². The number of nitrogens with one attached hydrogen (secondary N) is 1. The normalized spacial score (nSPS) is 15.9. The van der Waals surface area contributed by atoms with Crippen molar-refractivity contribution in [3.8, 4) is 5.75 Å². The lowest BCUT2D eigenvalue weighted by atomic mass is 10.1. The number of nitrogens with zero attached hydrogens (tertiary/aromatic N) is 1. The van der Waals surface area contributed by atoms with Gasteiger partial charge in [0.05, 0.1) is 5.69 Å². The molecule has 152 valence electrons. The van der Waals surface area contributed by atoms with Gasteiger partial charge in [0.1, 0.15) is 5.75 Å². The summed E-state index contributed by atoms with van der Waals surface area (Å²) in [6.07, 6.45) is 4.36. The molecule has 3 rings (SSSR count). The third-order valence-electron chi connectivity index (χ3n) is 4.55. The van der Waals surface area contributed by atoms with Gasteiger partial charge in [-0.1, -0.05) is 42.6 Å². The molecule has 29 heavy (non-hydrogen) atoms. The Kier molecular flexibility index (Phi) is 6.83. The lowest BCUT2D eigenvalue weighted by Crippen LogP contribution is -2.44. The largest absolute Gasteiger partial charge is 0.479 e. The van der Waals surface area contributed by atoms with Gasteiger partial charge in [0, 0.05) is 28.4 Å². The lowest BCUT2D eigenvalue weighted by molar-refractivity contribution is -0.125. The Bertz CT molecular complexity index is 959. The minimum Gasteiger partial charge on any atom is -0.479 e. The van der Waals surface area contributed by atoms with Crippen molar-refractivity contribution in [3.05, 3.63) is 58.1 Å². The Hall–Kier alpha value is -2.50. The van der Waals surface area contributed by atoms with Crippen LogP contribution < -0.4 is 15.0 Å². The summed E-state index contributed by atoms with van der Waals surface area (Å²) in [6, 6.07) is 10.3. The SMILES string of the molecule is CCCCN1C(=O)C(C)Oc2ccc(NC(=O)/C=C/c3ccc(Cl)cc3Cl)cc21. The fourth-order valence-corrected chi connectivity index (χ4v) is 3.49. The number of anilines is 2. The minimum absolute atomic E-state index is 0.0771. The van der Waals surface area contributed by atoms with Gasteiger partial charge in [0.25, 0.3) is 5.91 Å². The number of hydrogen-bond donors (Lipinski definition) is 1. The van der Waals surface area contributed by atoms with Gasteiger partial charge in [-0.05, 0) is 55.3 Å². The number of halogens is 2. The molecule has 0 spiro atoms. The standard InChI is InChI=1S/C22H22Cl2N2O3/c1-3-4-11-26-19-13-17(8-9-20(19)29-14(2)22(26)28)25-21(27)10-6-15-5-7-16(23)12-18(15)24/h5-10,12-14H,3-4,11H2,1-2H3,(H,25,27)/b10-6+. The predicted octanol–water partition coefficient (Wildman–Crippen LogP) is 5.56. The molecule has 2 aromatic rings. The first kappa shape index (κ1) is 21.2. The van der Waals surface area contributed by atoms with E-state index in [9.17, 15) is 9.59 Å². The van der Waals surface area contributed by atoms with Crippen molar-refractivity contribution in [1.29, 1.82) is 0 Å². The highest BCUT2D eigenvalue weighted by molar-refractivity contribution is 6.35. The van der Waals surface area contributed by atoms with Crippen LogP contribution in [0.1, 0.15) is 32.3 Å². The van der Waals surface area contributed by atoms with Crippen molar-refractivity contribution in [2.24, 2.45) is 0 Å². The summed E-state index contributed by atoms with van der Waals surface area (Å²) in [6.45, 7) is 4.43. The lowest BCUT2D eigenvalue weighted by Gasteiger charge is -2.33. The molecule has 2 amide bonds. The molecule has 0 aromatic heterocycles. The Balaban J connectivity index is 1.76. The van der Waals surface area contributed by atoms with Crippen molar-refractivity contribution in [2.45, 2.75) is 32.8 Å². The molecule has 1 aliphatic rings. The van der Waals surface area contributed by atoms with E-state index >= 15 is 0 Å². The predicted molar refractivity (Wildman–Crippen MR) is 118 cm³/mol. The van der Waals surface area contributed by atoms with Crippen LogP contribution in [0.15, 0.2) is 42.5 Å². The van der Waals surface area contributed by atoms with E-state index in [4.69, 9.17) is 27.9 Å². The van der Waals surface area contributed by atoms with Crippen molar-refractivity contribution in [2.75, 3.05) is 16.8 Å². The Morgan fingerprint density at radius 2 is 2.03 bits per heavy atom. The molecule has 0 bridgehead atoms. The van der Waals surface area contributed by atoms with E-state index in [-0.39, 0.29) is 11.8 Å². The van der Waals surface area contributed by atoms with Crippen LogP contribution in [0.2, 0.25) is 10.0 Å². The summed E-state index contributed by atoms with van der Waals surface area (Å²) >= 11 is 12.0. The number of carbonyl (C=O) groups is 2. The van der Waals surface area contributed by atoms with Crippen LogP contribution >= 0.6 is 23.2 Å². The highest BCUT2D eigenvalue weighted by Gasteiger charge is 2.31. The molecule has 1 N–H and O–H groups in total. The van der Waals surface area contributed by atoms with Gasteiger partial charge in [0.15, 0.2) is 6.10 Å². The van der Waals surface area contributed by atoms with E-state index in [1.54, 1.807) is 54.3 Å². The van der Waals surface area contributed by atoms with E-state index in [0.717, 1.165) is 12.8 Å². The van der Waals surface area contributed by atoms with Crippen LogP contribution in [0.5, 0.6) is 5.75 Å². The van der Waals surface area contributed by atoms with Gasteiger partial charge in [-0.3, -0.25) is 9.59 Å². The molecule has 1 heterocycles.